The Hall–Kier alpha value is -3.38. The van der Waals surface area contributed by atoms with Crippen LogP contribution in [0.4, 0.5) is 23.1 Å². The van der Waals surface area contributed by atoms with Gasteiger partial charge in [0, 0.05) is 5.69 Å². The summed E-state index contributed by atoms with van der Waals surface area (Å²) in [6, 6.07) is 14.3. The number of benzene rings is 2. The lowest BCUT2D eigenvalue weighted by Crippen LogP contribution is -2.03. The molecule has 0 spiro atoms. The maximum absolute atomic E-state index is 6.41. The molecule has 0 radical (unpaired) electrons. The van der Waals surface area contributed by atoms with E-state index in [4.69, 9.17) is 16.0 Å². The van der Waals surface area contributed by atoms with Crippen LogP contribution in [0, 0.1) is 6.92 Å². The quantitative estimate of drug-likeness (QED) is 0.327. The third-order valence-electron chi connectivity index (χ3n) is 5.63. The van der Waals surface area contributed by atoms with Crippen LogP contribution in [0.5, 0.6) is 0 Å². The Kier molecular flexibility index (Phi) is 5.77. The number of hydrogen-bond donors (Lipinski definition) is 2. The molecule has 0 amide bonds. The van der Waals surface area contributed by atoms with E-state index in [9.17, 15) is 0 Å². The van der Waals surface area contributed by atoms with Crippen molar-refractivity contribution >= 4 is 34.7 Å². The van der Waals surface area contributed by atoms with Crippen LogP contribution in [0.1, 0.15) is 36.1 Å². The Bertz CT molecular complexity index is 1250. The smallest absolute Gasteiger partial charge is 0.229 e. The number of rotatable bonds is 5. The van der Waals surface area contributed by atoms with Gasteiger partial charge in [-0.25, -0.2) is 9.97 Å². The highest BCUT2D eigenvalue weighted by molar-refractivity contribution is 6.33. The van der Waals surface area contributed by atoms with Crippen LogP contribution < -0.4 is 10.6 Å². The van der Waals surface area contributed by atoms with Crippen molar-refractivity contribution in [1.82, 2.24) is 15.0 Å². The molecule has 1 aliphatic carbocycles. The molecule has 4 aromatic rings. The summed E-state index contributed by atoms with van der Waals surface area (Å²) in [6.45, 7) is 1.87. The van der Waals surface area contributed by atoms with Crippen LogP contribution in [-0.4, -0.2) is 15.0 Å². The number of nitrogens with one attached hydrogen (secondary N) is 2. The van der Waals surface area contributed by atoms with Crippen molar-refractivity contribution in [2.75, 3.05) is 10.6 Å². The Morgan fingerprint density at radius 3 is 2.59 bits per heavy atom. The number of aromatic nitrogens is 3. The molecule has 0 bridgehead atoms. The largest absolute Gasteiger partial charge is 0.441 e. The molecular formula is C25H24ClN5O. The molecule has 2 N–H and O–H groups in total. The topological polar surface area (TPSA) is 75.9 Å². The first-order valence-corrected chi connectivity index (χ1v) is 11.2. The van der Waals surface area contributed by atoms with E-state index in [1.165, 1.54) is 30.4 Å². The highest BCUT2D eigenvalue weighted by atomic mass is 35.5. The number of nitrogens with zero attached hydrogens (tertiary/aromatic N) is 3. The van der Waals surface area contributed by atoms with Crippen molar-refractivity contribution in [3.05, 3.63) is 76.8 Å². The third kappa shape index (κ3) is 4.46. The van der Waals surface area contributed by atoms with Gasteiger partial charge in [0.15, 0.2) is 5.82 Å². The number of para-hydroxylation sites is 1. The fraction of sp³-hybridized carbons (Fsp3) is 0.240. The Morgan fingerprint density at radius 1 is 0.906 bits per heavy atom. The minimum absolute atomic E-state index is 0.427. The van der Waals surface area contributed by atoms with Crippen molar-refractivity contribution in [2.45, 2.75) is 39.0 Å². The van der Waals surface area contributed by atoms with Crippen molar-refractivity contribution in [3.8, 4) is 11.5 Å². The van der Waals surface area contributed by atoms with Gasteiger partial charge in [-0.15, -0.1) is 0 Å². The maximum Gasteiger partial charge on any atom is 0.229 e. The first kappa shape index (κ1) is 20.5. The number of aryl methyl sites for hydroxylation is 3. The summed E-state index contributed by atoms with van der Waals surface area (Å²) >= 11 is 6.41. The summed E-state index contributed by atoms with van der Waals surface area (Å²) in [5.41, 5.74) is 5.47. The molecule has 162 valence electrons. The molecule has 0 unspecified atom stereocenters. The average Bonchev–Trinajstić information content (AvgIpc) is 3.09. The Balaban J connectivity index is 1.40. The van der Waals surface area contributed by atoms with Crippen LogP contribution in [0.2, 0.25) is 5.02 Å². The van der Waals surface area contributed by atoms with Crippen LogP contribution in [-0.2, 0) is 12.8 Å². The van der Waals surface area contributed by atoms with Crippen molar-refractivity contribution in [3.63, 3.8) is 0 Å². The van der Waals surface area contributed by atoms with Gasteiger partial charge >= 0.3 is 0 Å². The monoisotopic (exact) mass is 445 g/mol. The van der Waals surface area contributed by atoms with E-state index < -0.39 is 0 Å². The Morgan fingerprint density at radius 2 is 1.75 bits per heavy atom. The van der Waals surface area contributed by atoms with Gasteiger partial charge in [-0.3, -0.25) is 0 Å². The zero-order valence-electron chi connectivity index (χ0n) is 17.9. The van der Waals surface area contributed by atoms with E-state index in [0.29, 0.717) is 22.7 Å². The normalized spacial score (nSPS) is 13.3. The summed E-state index contributed by atoms with van der Waals surface area (Å²) < 4.78 is 5.71. The van der Waals surface area contributed by atoms with Crippen molar-refractivity contribution in [1.29, 1.82) is 0 Å². The van der Waals surface area contributed by atoms with E-state index in [0.717, 1.165) is 35.5 Å². The van der Waals surface area contributed by atoms with Gasteiger partial charge in [-0.2, -0.15) is 4.98 Å². The van der Waals surface area contributed by atoms with Gasteiger partial charge in [-0.05, 0) is 68.0 Å². The number of hydrogen-bond acceptors (Lipinski definition) is 6. The summed E-state index contributed by atoms with van der Waals surface area (Å²) in [5.74, 6) is 2.28. The Labute approximate surface area is 192 Å². The highest BCUT2D eigenvalue weighted by Gasteiger charge is 2.14. The molecule has 6 nitrogen and oxygen atoms in total. The molecule has 0 fully saturated rings. The lowest BCUT2D eigenvalue weighted by molar-refractivity contribution is 0.543. The minimum Gasteiger partial charge on any atom is -0.441 e. The van der Waals surface area contributed by atoms with Crippen LogP contribution >= 0.6 is 11.6 Å². The maximum atomic E-state index is 6.41. The van der Waals surface area contributed by atoms with E-state index in [-0.39, 0.29) is 0 Å². The fourth-order valence-electron chi connectivity index (χ4n) is 4.02. The second kappa shape index (κ2) is 9.01. The second-order valence-electron chi connectivity index (χ2n) is 8.01. The molecule has 32 heavy (non-hydrogen) atoms. The van der Waals surface area contributed by atoms with Crippen molar-refractivity contribution in [2.24, 2.45) is 0 Å². The molecule has 0 saturated carbocycles. The first-order chi connectivity index (χ1) is 15.7. The molecule has 1 aliphatic rings. The van der Waals surface area contributed by atoms with E-state index in [2.05, 4.69) is 43.8 Å². The predicted molar refractivity (Wildman–Crippen MR) is 128 cm³/mol. The zero-order valence-corrected chi connectivity index (χ0v) is 18.6. The van der Waals surface area contributed by atoms with Crippen LogP contribution in [0.3, 0.4) is 0 Å². The summed E-state index contributed by atoms with van der Waals surface area (Å²) in [5, 5.41) is 7.06. The highest BCUT2D eigenvalue weighted by Crippen LogP contribution is 2.32. The van der Waals surface area contributed by atoms with Gasteiger partial charge in [-0.1, -0.05) is 36.2 Å². The number of anilines is 4. The van der Waals surface area contributed by atoms with E-state index >= 15 is 0 Å². The zero-order chi connectivity index (χ0) is 21.9. The van der Waals surface area contributed by atoms with Gasteiger partial charge in [0.05, 0.1) is 23.6 Å². The molecule has 0 atom stereocenters. The molecule has 7 heteroatoms. The van der Waals surface area contributed by atoms with Gasteiger partial charge in [0.2, 0.25) is 11.8 Å². The predicted octanol–water partition coefficient (Wildman–Crippen LogP) is 6.85. The van der Waals surface area contributed by atoms with E-state index in [1.807, 2.05) is 31.2 Å². The molecule has 0 aliphatic heterocycles. The average molecular weight is 446 g/mol. The summed E-state index contributed by atoms with van der Waals surface area (Å²) in [7, 11) is 0. The van der Waals surface area contributed by atoms with Gasteiger partial charge in [0.25, 0.3) is 0 Å². The number of oxazole rings is 1. The molecule has 2 aromatic heterocycles. The first-order valence-electron chi connectivity index (χ1n) is 10.9. The van der Waals surface area contributed by atoms with Crippen LogP contribution in [0.25, 0.3) is 11.5 Å². The molecular weight excluding hydrogens is 422 g/mol. The molecule has 2 aromatic carbocycles. The molecule has 5 rings (SSSR count). The standard InChI is InChI=1S/C25H24ClN5O/c1-16-14-27-24(32-16)20-9-5-6-10-22(20)30-23-21(26)15-28-25(31-23)29-19-12-11-17-7-3-2-4-8-18(17)13-19/h5-6,9-15H,2-4,7-8H2,1H3,(H2,28,29,30,31). The van der Waals surface area contributed by atoms with Gasteiger partial charge in [0.1, 0.15) is 10.8 Å². The SMILES string of the molecule is Cc1cnc(-c2ccccc2Nc2nc(Nc3ccc4c(c3)CCCCC4)ncc2Cl)o1. The van der Waals surface area contributed by atoms with Crippen LogP contribution in [0.15, 0.2) is 59.3 Å². The number of halogens is 1. The van der Waals surface area contributed by atoms with Gasteiger partial charge < -0.3 is 15.1 Å². The molecule has 2 heterocycles. The van der Waals surface area contributed by atoms with Crippen molar-refractivity contribution < 1.29 is 4.42 Å². The summed E-state index contributed by atoms with van der Waals surface area (Å²) in [6.07, 6.45) is 9.38. The summed E-state index contributed by atoms with van der Waals surface area (Å²) in [4.78, 5) is 13.3. The third-order valence-corrected chi connectivity index (χ3v) is 5.91. The lowest BCUT2D eigenvalue weighted by Gasteiger charge is -2.13. The minimum atomic E-state index is 0.427. The second-order valence-corrected chi connectivity index (χ2v) is 8.41. The lowest BCUT2D eigenvalue weighted by atomic mass is 10.0. The fourth-order valence-corrected chi connectivity index (χ4v) is 4.16. The van der Waals surface area contributed by atoms with E-state index in [1.54, 1.807) is 12.4 Å². The molecule has 0 saturated heterocycles. The number of fused-ring (bicyclic) bond motifs is 1.